The van der Waals surface area contributed by atoms with Gasteiger partial charge in [0.1, 0.15) is 46.9 Å². The molecule has 434 valence electrons. The Labute approximate surface area is 463 Å². The van der Waals surface area contributed by atoms with E-state index in [0.717, 1.165) is 11.1 Å². The van der Waals surface area contributed by atoms with E-state index in [-0.39, 0.29) is 91.8 Å². The van der Waals surface area contributed by atoms with E-state index >= 15 is 0 Å². The standard InChI is InChI=1S/C30H42N2O8.C29H40N2O8/c1-30(2,3)40-28(35)21-11-9-20(10-12-21)26-27(34)32-18-23(17-24(32)29(36)37-4)39-14-6-13-38-22-8-5-7-19(15-22)16-25(33)31-26;1-29(2,3)39-28(36)20-10-8-19(9-11-20)25-26(33)31-17-22(16-23(31)27(34)35)38-13-5-12-37-21-7-4-6-18(14-21)15-24(32)30-25/h5,7-8,15,20-21,23-24,26H,6,9-14,16-18H2,1-4H3,(H,31,33);4,6-7,14,19-20,22-23,25H,5,8-13,15-17H2,1-3H3,(H,30,32)(H,34,35)/t20?,21?,23-,24+,26?;19?,20?,22-,23+,25?/m11/s1. The second-order valence-electron chi connectivity index (χ2n) is 23.8. The highest BCUT2D eigenvalue weighted by Gasteiger charge is 2.48. The lowest BCUT2D eigenvalue weighted by atomic mass is 9.78. The van der Waals surface area contributed by atoms with Crippen LogP contribution in [-0.2, 0) is 74.9 Å². The SMILES string of the molecule is CC(C)(C)OC(=O)C1CCC(C2NC(=O)Cc3cccc(c3)OCCCO[C@@H]3C[C@@H](C(=O)O)N(C3)C2=O)CC1.COC(=O)[C@@H]1C[C@@H]2CN1C(=O)C(C1CCC(C(=O)OC(C)(C)C)CC1)NC(=O)Cc1cccc(c1)OCCCO2. The molecule has 2 saturated carbocycles. The van der Waals surface area contributed by atoms with Gasteiger partial charge in [0.2, 0.25) is 23.6 Å². The summed E-state index contributed by atoms with van der Waals surface area (Å²) in [7, 11) is 1.30. The molecule has 2 unspecified atom stereocenters. The maximum Gasteiger partial charge on any atom is 0.328 e. The summed E-state index contributed by atoms with van der Waals surface area (Å²) < 4.78 is 39.8. The van der Waals surface area contributed by atoms with Crippen molar-refractivity contribution in [2.45, 2.75) is 179 Å². The molecule has 4 amide bonds. The van der Waals surface area contributed by atoms with Crippen molar-refractivity contribution < 1.29 is 76.6 Å². The molecule has 2 aromatic carbocycles. The number of hydrogen-bond acceptors (Lipinski definition) is 15. The van der Waals surface area contributed by atoms with E-state index in [0.29, 0.717) is 109 Å². The number of carboxylic acids is 1. The number of nitrogens with zero attached hydrogens (tertiary/aromatic N) is 2. The van der Waals surface area contributed by atoms with Gasteiger partial charge in [-0.05, 0) is 140 Å². The molecule has 8 rings (SSSR count). The van der Waals surface area contributed by atoms with E-state index in [1.165, 1.54) is 16.9 Å². The zero-order valence-electron chi connectivity index (χ0n) is 47.0. The molecule has 4 heterocycles. The molecule has 2 saturated heterocycles. The van der Waals surface area contributed by atoms with Crippen LogP contribution in [0.4, 0.5) is 0 Å². The van der Waals surface area contributed by atoms with Crippen LogP contribution in [0.1, 0.15) is 130 Å². The number of carboxylic acid groups (broad SMARTS) is 1. The Bertz CT molecular complexity index is 2470. The highest BCUT2D eigenvalue weighted by atomic mass is 16.6. The van der Waals surface area contributed by atoms with Gasteiger partial charge >= 0.3 is 23.9 Å². The van der Waals surface area contributed by atoms with Gasteiger partial charge in [0.25, 0.3) is 0 Å². The summed E-state index contributed by atoms with van der Waals surface area (Å²) in [6.07, 6.45) is 5.57. The van der Waals surface area contributed by atoms with Gasteiger partial charge in [-0.15, -0.1) is 0 Å². The molecule has 2 aromatic rings. The van der Waals surface area contributed by atoms with Crippen LogP contribution in [0.3, 0.4) is 0 Å². The quantitative estimate of drug-likeness (QED) is 0.238. The van der Waals surface area contributed by atoms with E-state index in [1.54, 1.807) is 0 Å². The van der Waals surface area contributed by atoms with Gasteiger partial charge in [0.05, 0.1) is 70.4 Å². The molecule has 8 bridgehead atoms. The summed E-state index contributed by atoms with van der Waals surface area (Å²) >= 11 is 0. The summed E-state index contributed by atoms with van der Waals surface area (Å²) in [5.74, 6) is -3.05. The van der Waals surface area contributed by atoms with Crippen molar-refractivity contribution >= 4 is 47.5 Å². The third kappa shape index (κ3) is 17.4. The molecule has 6 aliphatic rings. The second kappa shape index (κ2) is 27.3. The number of hydrogen-bond donors (Lipinski definition) is 3. The third-order valence-electron chi connectivity index (χ3n) is 15.3. The summed E-state index contributed by atoms with van der Waals surface area (Å²) in [6, 6.07) is 11.1. The van der Waals surface area contributed by atoms with E-state index < -0.39 is 59.3 Å². The number of amides is 4. The molecule has 20 nitrogen and oxygen atoms in total. The number of rotatable bonds is 6. The average molecular weight is 1100 g/mol. The van der Waals surface area contributed by atoms with Gasteiger partial charge in [0.15, 0.2) is 0 Å². The number of esters is 3. The largest absolute Gasteiger partial charge is 0.493 e. The average Bonchev–Trinajstić information content (AvgIpc) is 4.14. The predicted octanol–water partition coefficient (Wildman–Crippen LogP) is 5.52. The first-order valence-electron chi connectivity index (χ1n) is 28.2. The monoisotopic (exact) mass is 1100 g/mol. The molecule has 79 heavy (non-hydrogen) atoms. The van der Waals surface area contributed by atoms with E-state index in [1.807, 2.05) is 90.1 Å². The fraction of sp³-hybridized carbons (Fsp3) is 0.661. The number of fused-ring (bicyclic) bond motifs is 8. The molecule has 2 aliphatic carbocycles. The fourth-order valence-electron chi connectivity index (χ4n) is 11.5. The van der Waals surface area contributed by atoms with Crippen LogP contribution in [0.2, 0.25) is 0 Å². The first-order chi connectivity index (χ1) is 37.5. The van der Waals surface area contributed by atoms with Crippen molar-refractivity contribution in [3.63, 3.8) is 0 Å². The van der Waals surface area contributed by atoms with Crippen molar-refractivity contribution in [2.24, 2.45) is 23.7 Å². The first-order valence-corrected chi connectivity index (χ1v) is 28.2. The highest BCUT2D eigenvalue weighted by molar-refractivity contribution is 5.93. The Kier molecular flexibility index (Phi) is 20.8. The maximum absolute atomic E-state index is 14.1. The topological polar surface area (TPSA) is 252 Å². The normalized spacial score (nSPS) is 28.5. The molecule has 3 N–H and O–H groups in total. The summed E-state index contributed by atoms with van der Waals surface area (Å²) in [6.45, 7) is 13.1. The lowest BCUT2D eigenvalue weighted by Gasteiger charge is -2.36. The maximum atomic E-state index is 14.1. The molecule has 20 heteroatoms. The van der Waals surface area contributed by atoms with Gasteiger partial charge in [-0.1, -0.05) is 24.3 Å². The fourth-order valence-corrected chi connectivity index (χ4v) is 11.5. The van der Waals surface area contributed by atoms with Crippen LogP contribution >= 0.6 is 0 Å². The number of ether oxygens (including phenoxy) is 7. The third-order valence-corrected chi connectivity index (χ3v) is 15.3. The Morgan fingerprint density at radius 3 is 1.37 bits per heavy atom. The van der Waals surface area contributed by atoms with Crippen molar-refractivity contribution in [3.05, 3.63) is 59.7 Å². The van der Waals surface area contributed by atoms with Crippen molar-refractivity contribution in [2.75, 3.05) is 46.6 Å². The Hall–Kier alpha value is -6.28. The minimum Gasteiger partial charge on any atom is -0.493 e. The van der Waals surface area contributed by atoms with Gasteiger partial charge in [0, 0.05) is 38.8 Å². The minimum atomic E-state index is -1.09. The Morgan fingerprint density at radius 1 is 0.570 bits per heavy atom. The van der Waals surface area contributed by atoms with Crippen molar-refractivity contribution in [1.29, 1.82) is 0 Å². The van der Waals surface area contributed by atoms with Crippen LogP contribution < -0.4 is 20.1 Å². The predicted molar refractivity (Wildman–Crippen MR) is 286 cm³/mol. The summed E-state index contributed by atoms with van der Waals surface area (Å²) in [5, 5.41) is 15.8. The lowest BCUT2D eigenvalue weighted by Crippen LogP contribution is -2.55. The molecule has 0 spiro atoms. The van der Waals surface area contributed by atoms with Crippen molar-refractivity contribution in [3.8, 4) is 11.5 Å². The Morgan fingerprint density at radius 2 is 0.975 bits per heavy atom. The van der Waals surface area contributed by atoms with Crippen LogP contribution in [0.25, 0.3) is 0 Å². The molecule has 4 fully saturated rings. The molecular formula is C59H82N4O16. The zero-order valence-corrected chi connectivity index (χ0v) is 47.0. The van der Waals surface area contributed by atoms with Gasteiger partial charge in [-0.2, -0.15) is 0 Å². The van der Waals surface area contributed by atoms with Gasteiger partial charge < -0.3 is 58.7 Å². The highest BCUT2D eigenvalue weighted by Crippen LogP contribution is 2.37. The molecule has 0 aromatic heterocycles. The van der Waals surface area contributed by atoms with E-state index in [2.05, 4.69) is 10.6 Å². The Balaban J connectivity index is 0.000000229. The number of benzene rings is 2. The van der Waals surface area contributed by atoms with Crippen LogP contribution in [-0.4, -0.2) is 157 Å². The minimum absolute atomic E-state index is 0.0579. The number of carbonyl (C=O) groups is 8. The molecule has 4 aliphatic heterocycles. The number of carbonyl (C=O) groups excluding carboxylic acids is 7. The molecular weight excluding hydrogens is 1020 g/mol. The number of nitrogens with one attached hydrogen (secondary N) is 2. The van der Waals surface area contributed by atoms with Crippen LogP contribution in [0, 0.1) is 23.7 Å². The van der Waals surface area contributed by atoms with Crippen molar-refractivity contribution in [1.82, 2.24) is 20.4 Å². The van der Waals surface area contributed by atoms with E-state index in [4.69, 9.17) is 33.2 Å². The lowest BCUT2D eigenvalue weighted by molar-refractivity contribution is -0.162. The smallest absolute Gasteiger partial charge is 0.328 e. The second-order valence-corrected chi connectivity index (χ2v) is 23.8. The zero-order chi connectivity index (χ0) is 57.0. The van der Waals surface area contributed by atoms with E-state index in [9.17, 15) is 43.5 Å². The summed E-state index contributed by atoms with van der Waals surface area (Å²) in [5.41, 5.74) is 0.369. The van der Waals surface area contributed by atoms with Gasteiger partial charge in [-0.3, -0.25) is 28.8 Å². The van der Waals surface area contributed by atoms with Crippen LogP contribution in [0.15, 0.2) is 48.5 Å². The molecule has 0 radical (unpaired) electrons. The molecule has 6 atom stereocenters. The first kappa shape index (κ1) is 60.4. The van der Waals surface area contributed by atoms with Gasteiger partial charge in [-0.25, -0.2) is 9.59 Å². The number of methoxy groups -OCH3 is 1. The summed E-state index contributed by atoms with van der Waals surface area (Å²) in [4.78, 5) is 107. The van der Waals surface area contributed by atoms with Crippen LogP contribution in [0.5, 0.6) is 11.5 Å². The number of aliphatic carboxylic acids is 1.